The summed E-state index contributed by atoms with van der Waals surface area (Å²) in [4.78, 5) is 24.0. The molecular weight excluding hydrogens is 505 g/mol. The van der Waals surface area contributed by atoms with E-state index < -0.39 is 11.7 Å². The summed E-state index contributed by atoms with van der Waals surface area (Å²) in [5, 5.41) is 7.05. The molecule has 0 bridgehead atoms. The number of aromatic nitrogens is 4. The Morgan fingerprint density at radius 3 is 2.44 bits per heavy atom. The Hall–Kier alpha value is -3.53. The van der Waals surface area contributed by atoms with Crippen molar-refractivity contribution in [2.45, 2.75) is 66.1 Å². The third kappa shape index (κ3) is 6.73. The van der Waals surface area contributed by atoms with Gasteiger partial charge in [-0.15, -0.1) is 0 Å². The molecule has 4 rings (SSSR count). The maximum absolute atomic E-state index is 13.0. The molecule has 0 spiro atoms. The lowest BCUT2D eigenvalue weighted by Crippen LogP contribution is -2.38. The molecule has 1 amide bonds. The van der Waals surface area contributed by atoms with E-state index in [9.17, 15) is 18.0 Å². The van der Waals surface area contributed by atoms with E-state index >= 15 is 0 Å². The lowest BCUT2D eigenvalue weighted by Gasteiger charge is -2.35. The monoisotopic (exact) mass is 540 g/mol. The summed E-state index contributed by atoms with van der Waals surface area (Å²) in [6.45, 7) is 11.4. The highest BCUT2D eigenvalue weighted by Gasteiger charge is 2.31. The molecule has 3 heterocycles. The number of carbonyl (C=O) groups is 1. The Bertz CT molecular complexity index is 1370. The summed E-state index contributed by atoms with van der Waals surface area (Å²) in [5.41, 5.74) is 3.77. The van der Waals surface area contributed by atoms with E-state index in [1.807, 2.05) is 13.0 Å². The van der Waals surface area contributed by atoms with Crippen LogP contribution in [0, 0.1) is 19.3 Å². The molecule has 0 aromatic carbocycles. The SMILES string of the molecule is Cc1cc(C2=CCC(N(C)CC(C)(C)C)CC2)ncc1NC(=O)c1cnn(-c2ccc(C(F)(F)F)cn2)c1C. The van der Waals surface area contributed by atoms with E-state index in [1.165, 1.54) is 22.5 Å². The van der Waals surface area contributed by atoms with Crippen molar-refractivity contribution in [2.24, 2.45) is 5.41 Å². The molecule has 10 heteroatoms. The molecule has 1 unspecified atom stereocenters. The van der Waals surface area contributed by atoms with Gasteiger partial charge in [0, 0.05) is 18.8 Å². The Kier molecular flexibility index (Phi) is 7.97. The molecule has 0 fully saturated rings. The van der Waals surface area contributed by atoms with Crippen molar-refractivity contribution in [3.05, 3.63) is 70.9 Å². The second kappa shape index (κ2) is 10.9. The van der Waals surface area contributed by atoms with Gasteiger partial charge in [-0.2, -0.15) is 18.3 Å². The van der Waals surface area contributed by atoms with Gasteiger partial charge in [-0.05, 0) is 74.9 Å². The molecule has 3 aromatic heterocycles. The minimum Gasteiger partial charge on any atom is -0.320 e. The van der Waals surface area contributed by atoms with Gasteiger partial charge in [0.25, 0.3) is 5.91 Å². The Balaban J connectivity index is 1.43. The first-order valence-corrected chi connectivity index (χ1v) is 13.0. The van der Waals surface area contributed by atoms with Gasteiger partial charge in [0.1, 0.15) is 0 Å². The van der Waals surface area contributed by atoms with Crippen LogP contribution in [0.3, 0.4) is 0 Å². The highest BCUT2D eigenvalue weighted by Crippen LogP contribution is 2.31. The van der Waals surface area contributed by atoms with Crippen molar-refractivity contribution < 1.29 is 18.0 Å². The van der Waals surface area contributed by atoms with Gasteiger partial charge in [-0.1, -0.05) is 26.8 Å². The molecule has 208 valence electrons. The molecule has 0 saturated carbocycles. The normalized spacial score (nSPS) is 16.4. The largest absolute Gasteiger partial charge is 0.417 e. The third-order valence-electron chi connectivity index (χ3n) is 6.96. The quantitative estimate of drug-likeness (QED) is 0.388. The predicted molar refractivity (Wildman–Crippen MR) is 146 cm³/mol. The van der Waals surface area contributed by atoms with Gasteiger partial charge in [0.2, 0.25) is 0 Å². The first-order chi connectivity index (χ1) is 18.2. The van der Waals surface area contributed by atoms with Crippen molar-refractivity contribution in [3.8, 4) is 5.82 Å². The molecule has 3 aromatic rings. The van der Waals surface area contributed by atoms with Crippen molar-refractivity contribution >= 4 is 17.2 Å². The van der Waals surface area contributed by atoms with Crippen molar-refractivity contribution in [1.29, 1.82) is 0 Å². The molecule has 1 aliphatic rings. The number of allylic oxidation sites excluding steroid dienone is 1. The molecule has 39 heavy (non-hydrogen) atoms. The molecule has 0 saturated heterocycles. The first-order valence-electron chi connectivity index (χ1n) is 13.0. The zero-order valence-corrected chi connectivity index (χ0v) is 23.2. The van der Waals surface area contributed by atoms with E-state index in [1.54, 1.807) is 13.1 Å². The number of rotatable bonds is 6. The average molecular weight is 541 g/mol. The maximum Gasteiger partial charge on any atom is 0.417 e. The zero-order valence-electron chi connectivity index (χ0n) is 23.2. The molecule has 1 atom stereocenters. The number of pyridine rings is 2. The van der Waals surface area contributed by atoms with Gasteiger partial charge in [0.15, 0.2) is 5.82 Å². The number of halogens is 3. The fraction of sp³-hybridized carbons (Fsp3) is 0.448. The topological polar surface area (TPSA) is 75.9 Å². The van der Waals surface area contributed by atoms with Crippen molar-refractivity contribution in [2.75, 3.05) is 18.9 Å². The van der Waals surface area contributed by atoms with Gasteiger partial charge in [-0.25, -0.2) is 9.67 Å². The number of alkyl halides is 3. The number of carbonyl (C=O) groups excluding carboxylic acids is 1. The van der Waals surface area contributed by atoms with Gasteiger partial charge in [-0.3, -0.25) is 9.78 Å². The summed E-state index contributed by atoms with van der Waals surface area (Å²) >= 11 is 0. The van der Waals surface area contributed by atoms with Crippen LogP contribution in [0.2, 0.25) is 0 Å². The lowest BCUT2D eigenvalue weighted by molar-refractivity contribution is -0.137. The smallest absolute Gasteiger partial charge is 0.320 e. The summed E-state index contributed by atoms with van der Waals surface area (Å²) in [6, 6.07) is 4.67. The van der Waals surface area contributed by atoms with E-state index in [-0.39, 0.29) is 17.1 Å². The minimum atomic E-state index is -4.48. The molecular formula is C29H35F3N6O. The number of amides is 1. The van der Waals surface area contributed by atoms with Crippen molar-refractivity contribution in [1.82, 2.24) is 24.6 Å². The van der Waals surface area contributed by atoms with Crippen LogP contribution in [0.25, 0.3) is 11.4 Å². The molecule has 1 aliphatic carbocycles. The summed E-state index contributed by atoms with van der Waals surface area (Å²) in [5.74, 6) is -0.195. The van der Waals surface area contributed by atoms with Crippen LogP contribution in [0.4, 0.5) is 18.9 Å². The van der Waals surface area contributed by atoms with Crippen LogP contribution >= 0.6 is 0 Å². The van der Waals surface area contributed by atoms with E-state index in [0.29, 0.717) is 23.0 Å². The Morgan fingerprint density at radius 1 is 1.13 bits per heavy atom. The van der Waals surface area contributed by atoms with Gasteiger partial charge < -0.3 is 10.2 Å². The number of aryl methyl sites for hydroxylation is 1. The highest BCUT2D eigenvalue weighted by atomic mass is 19.4. The van der Waals surface area contributed by atoms with Crippen LogP contribution in [-0.2, 0) is 6.18 Å². The maximum atomic E-state index is 13.0. The Morgan fingerprint density at radius 2 is 1.87 bits per heavy atom. The minimum absolute atomic E-state index is 0.189. The van der Waals surface area contributed by atoms with Crippen LogP contribution in [-0.4, -0.2) is 50.2 Å². The number of nitrogens with zero attached hydrogens (tertiary/aromatic N) is 5. The van der Waals surface area contributed by atoms with Crippen molar-refractivity contribution in [3.63, 3.8) is 0 Å². The first kappa shape index (κ1) is 28.5. The van der Waals surface area contributed by atoms with E-state index in [0.717, 1.165) is 49.3 Å². The van der Waals surface area contributed by atoms with Crippen LogP contribution in [0.5, 0.6) is 0 Å². The summed E-state index contributed by atoms with van der Waals surface area (Å²) < 4.78 is 39.9. The number of hydrogen-bond acceptors (Lipinski definition) is 5. The summed E-state index contributed by atoms with van der Waals surface area (Å²) in [6.07, 6.45) is 4.61. The molecule has 0 radical (unpaired) electrons. The van der Waals surface area contributed by atoms with E-state index in [4.69, 9.17) is 0 Å². The van der Waals surface area contributed by atoms with E-state index in [2.05, 4.69) is 59.2 Å². The number of anilines is 1. The second-order valence-electron chi connectivity index (χ2n) is 11.4. The molecule has 1 N–H and O–H groups in total. The van der Waals surface area contributed by atoms with Gasteiger partial charge in [0.05, 0.1) is 40.6 Å². The predicted octanol–water partition coefficient (Wildman–Crippen LogP) is 6.46. The highest BCUT2D eigenvalue weighted by molar-refractivity contribution is 6.05. The fourth-order valence-electron chi connectivity index (χ4n) is 4.93. The molecule has 0 aliphatic heterocycles. The van der Waals surface area contributed by atoms with Crippen LogP contribution < -0.4 is 5.32 Å². The summed E-state index contributed by atoms with van der Waals surface area (Å²) in [7, 11) is 2.19. The van der Waals surface area contributed by atoms with Crippen LogP contribution in [0.15, 0.2) is 42.9 Å². The third-order valence-corrected chi connectivity index (χ3v) is 6.96. The Labute approximate surface area is 227 Å². The fourth-order valence-corrected chi connectivity index (χ4v) is 4.93. The number of nitrogens with one attached hydrogen (secondary N) is 1. The van der Waals surface area contributed by atoms with Gasteiger partial charge >= 0.3 is 6.18 Å². The second-order valence-corrected chi connectivity index (χ2v) is 11.4. The standard InChI is InChI=1S/C29H35F3N6O/c1-18-13-24(20-7-10-22(11-8-20)37(6)17-28(3,4)5)33-16-25(18)36-27(39)23-15-35-38(19(23)2)26-12-9-21(14-34-26)29(30,31)32/h7,9,12-16,22H,8,10-11,17H2,1-6H3,(H,36,39). The zero-order chi connectivity index (χ0) is 28.5. The lowest BCUT2D eigenvalue weighted by atomic mass is 9.89. The molecule has 7 nitrogen and oxygen atoms in total. The van der Waals surface area contributed by atoms with Crippen LogP contribution in [0.1, 0.15) is 72.9 Å². The number of hydrogen-bond donors (Lipinski definition) is 1. The average Bonchev–Trinajstić information content (AvgIpc) is 3.25.